The maximum atomic E-state index is 12.0. The van der Waals surface area contributed by atoms with Gasteiger partial charge in [0.25, 0.3) is 0 Å². The lowest BCUT2D eigenvalue weighted by molar-refractivity contribution is -0.151. The van der Waals surface area contributed by atoms with Gasteiger partial charge in [0.15, 0.2) is 0 Å². The molecule has 0 amide bonds. The van der Waals surface area contributed by atoms with Gasteiger partial charge in [-0.3, -0.25) is 4.79 Å². The third kappa shape index (κ3) is 4.94. The SMILES string of the molecule is CC(C)CCC[C@H](C)[C@H]1CC[C@H]2[C@@H]3CC=C4C[C@H](OC(=O)CCCl)CC[C@]4(C)[C@H]3CC[C@]12C. The van der Waals surface area contributed by atoms with Crippen LogP contribution in [0.3, 0.4) is 0 Å². The molecular weight excluding hydrogens is 428 g/mol. The predicted molar refractivity (Wildman–Crippen MR) is 138 cm³/mol. The maximum Gasteiger partial charge on any atom is 0.307 e. The van der Waals surface area contributed by atoms with Gasteiger partial charge in [-0.1, -0.05) is 65.5 Å². The minimum absolute atomic E-state index is 0.0630. The number of fused-ring (bicyclic) bond motifs is 5. The quantitative estimate of drug-likeness (QED) is 0.199. The largest absolute Gasteiger partial charge is 0.462 e. The van der Waals surface area contributed by atoms with E-state index < -0.39 is 0 Å². The second-order valence-corrected chi connectivity index (χ2v) is 13.5. The number of hydrogen-bond donors (Lipinski definition) is 0. The predicted octanol–water partition coefficient (Wildman–Crippen LogP) is 8.57. The second-order valence-electron chi connectivity index (χ2n) is 13.1. The fourth-order valence-corrected chi connectivity index (χ4v) is 9.23. The van der Waals surface area contributed by atoms with E-state index in [1.54, 1.807) is 5.57 Å². The van der Waals surface area contributed by atoms with Gasteiger partial charge in [0, 0.05) is 12.3 Å². The Labute approximate surface area is 208 Å². The molecule has 4 aliphatic rings. The molecule has 33 heavy (non-hydrogen) atoms. The Morgan fingerprint density at radius 2 is 1.88 bits per heavy atom. The zero-order valence-electron chi connectivity index (χ0n) is 22.0. The molecule has 0 aromatic rings. The number of ether oxygens (including phenoxy) is 1. The molecule has 0 saturated heterocycles. The fourth-order valence-electron chi connectivity index (χ4n) is 9.07. The van der Waals surface area contributed by atoms with Crippen molar-refractivity contribution in [2.45, 2.75) is 118 Å². The van der Waals surface area contributed by atoms with E-state index in [1.807, 2.05) is 0 Å². The van der Waals surface area contributed by atoms with Gasteiger partial charge < -0.3 is 4.74 Å². The van der Waals surface area contributed by atoms with Crippen LogP contribution in [0.4, 0.5) is 0 Å². The van der Waals surface area contributed by atoms with Crippen LogP contribution in [-0.2, 0) is 9.53 Å². The minimum Gasteiger partial charge on any atom is -0.462 e. The van der Waals surface area contributed by atoms with Gasteiger partial charge in [-0.15, -0.1) is 11.6 Å². The zero-order valence-corrected chi connectivity index (χ0v) is 22.8. The highest BCUT2D eigenvalue weighted by Crippen LogP contribution is 2.67. The monoisotopic (exact) mass is 476 g/mol. The molecule has 0 spiro atoms. The molecule has 4 aliphatic carbocycles. The lowest BCUT2D eigenvalue weighted by atomic mass is 9.47. The molecule has 0 N–H and O–H groups in total. The number of allylic oxidation sites excluding steroid dienone is 1. The highest BCUT2D eigenvalue weighted by molar-refractivity contribution is 6.18. The third-order valence-corrected chi connectivity index (χ3v) is 11.0. The van der Waals surface area contributed by atoms with Gasteiger partial charge in [-0.05, 0) is 91.3 Å². The van der Waals surface area contributed by atoms with Crippen molar-refractivity contribution >= 4 is 17.6 Å². The summed E-state index contributed by atoms with van der Waals surface area (Å²) >= 11 is 5.73. The summed E-state index contributed by atoms with van der Waals surface area (Å²) in [7, 11) is 0. The lowest BCUT2D eigenvalue weighted by Crippen LogP contribution is -2.51. The standard InChI is InChI=1S/C30H49ClO2/c1-20(2)7-6-8-21(3)25-11-12-26-24-10-9-22-19-23(33-28(32)15-18-31)13-16-29(22,4)27(24)14-17-30(25,26)5/h9,20-21,23-27H,6-8,10-19H2,1-5H3/t21-,23+,24-,25+,26-,27-,29-,30+/m0/s1. The Morgan fingerprint density at radius 3 is 2.61 bits per heavy atom. The smallest absolute Gasteiger partial charge is 0.307 e. The Bertz CT molecular complexity index is 729. The Hall–Kier alpha value is -0.500. The van der Waals surface area contributed by atoms with E-state index in [9.17, 15) is 4.79 Å². The summed E-state index contributed by atoms with van der Waals surface area (Å²) < 4.78 is 5.77. The van der Waals surface area contributed by atoms with Crippen molar-refractivity contribution in [2.24, 2.45) is 46.3 Å². The molecule has 8 atom stereocenters. The van der Waals surface area contributed by atoms with Crippen molar-refractivity contribution in [3.8, 4) is 0 Å². The van der Waals surface area contributed by atoms with E-state index in [1.165, 1.54) is 57.8 Å². The zero-order chi connectivity index (χ0) is 23.8. The second kappa shape index (κ2) is 10.2. The molecule has 3 heteroatoms. The topological polar surface area (TPSA) is 26.3 Å². The molecule has 0 aliphatic heterocycles. The van der Waals surface area contributed by atoms with Crippen molar-refractivity contribution in [2.75, 3.05) is 5.88 Å². The van der Waals surface area contributed by atoms with Crippen LogP contribution in [0.5, 0.6) is 0 Å². The number of rotatable bonds is 8. The first-order chi connectivity index (χ1) is 15.7. The van der Waals surface area contributed by atoms with Gasteiger partial charge in [-0.25, -0.2) is 0 Å². The first-order valence-corrected chi connectivity index (χ1v) is 14.7. The normalized spacial score (nSPS) is 41.1. The van der Waals surface area contributed by atoms with Crippen LogP contribution < -0.4 is 0 Å². The summed E-state index contributed by atoms with van der Waals surface area (Å²) in [6.45, 7) is 12.5. The molecule has 2 nitrogen and oxygen atoms in total. The molecule has 0 heterocycles. The number of halogens is 1. The van der Waals surface area contributed by atoms with Gasteiger partial charge in [-0.2, -0.15) is 0 Å². The van der Waals surface area contributed by atoms with Crippen LogP contribution in [0.2, 0.25) is 0 Å². The van der Waals surface area contributed by atoms with Crippen LogP contribution in [0.1, 0.15) is 112 Å². The minimum atomic E-state index is -0.124. The number of alkyl halides is 1. The van der Waals surface area contributed by atoms with Crippen LogP contribution >= 0.6 is 11.6 Å². The summed E-state index contributed by atoms with van der Waals surface area (Å²) in [5, 5.41) is 0. The summed E-state index contributed by atoms with van der Waals surface area (Å²) in [4.78, 5) is 12.0. The molecule has 0 unspecified atom stereocenters. The Balaban J connectivity index is 1.43. The number of carbonyl (C=O) groups excluding carboxylic acids is 1. The maximum absolute atomic E-state index is 12.0. The lowest BCUT2D eigenvalue weighted by Gasteiger charge is -2.58. The number of hydrogen-bond acceptors (Lipinski definition) is 2. The Kier molecular flexibility index (Phi) is 7.94. The molecule has 0 radical (unpaired) electrons. The molecular formula is C30H49ClO2. The van der Waals surface area contributed by atoms with Crippen LogP contribution in [-0.4, -0.2) is 18.0 Å². The van der Waals surface area contributed by atoms with Gasteiger partial charge in [0.1, 0.15) is 6.10 Å². The highest BCUT2D eigenvalue weighted by Gasteiger charge is 2.59. The third-order valence-electron chi connectivity index (χ3n) is 10.9. The number of carbonyl (C=O) groups is 1. The Morgan fingerprint density at radius 1 is 1.09 bits per heavy atom. The van der Waals surface area contributed by atoms with E-state index >= 15 is 0 Å². The van der Waals surface area contributed by atoms with E-state index in [2.05, 4.69) is 40.7 Å². The van der Waals surface area contributed by atoms with E-state index in [-0.39, 0.29) is 12.1 Å². The summed E-state index contributed by atoms with van der Waals surface area (Å²) in [6.07, 6.45) is 17.3. The molecule has 188 valence electrons. The molecule has 4 rings (SSSR count). The van der Waals surface area contributed by atoms with E-state index in [0.29, 0.717) is 23.1 Å². The van der Waals surface area contributed by atoms with E-state index in [4.69, 9.17) is 16.3 Å². The molecule has 3 fully saturated rings. The fraction of sp³-hybridized carbons (Fsp3) is 0.900. The van der Waals surface area contributed by atoms with Crippen molar-refractivity contribution in [1.82, 2.24) is 0 Å². The van der Waals surface area contributed by atoms with Crippen molar-refractivity contribution in [1.29, 1.82) is 0 Å². The van der Waals surface area contributed by atoms with Crippen LogP contribution in [0, 0.1) is 46.3 Å². The van der Waals surface area contributed by atoms with Crippen LogP contribution in [0.15, 0.2) is 11.6 Å². The van der Waals surface area contributed by atoms with Crippen LogP contribution in [0.25, 0.3) is 0 Å². The molecule has 0 aromatic heterocycles. The number of esters is 1. The molecule has 3 saturated carbocycles. The van der Waals surface area contributed by atoms with Crippen molar-refractivity contribution in [3.05, 3.63) is 11.6 Å². The molecule has 0 bridgehead atoms. The van der Waals surface area contributed by atoms with Crippen molar-refractivity contribution in [3.63, 3.8) is 0 Å². The van der Waals surface area contributed by atoms with E-state index in [0.717, 1.165) is 48.3 Å². The summed E-state index contributed by atoms with van der Waals surface area (Å²) in [5.74, 6) is 5.45. The van der Waals surface area contributed by atoms with Gasteiger partial charge >= 0.3 is 5.97 Å². The summed E-state index contributed by atoms with van der Waals surface area (Å²) in [5.41, 5.74) is 2.47. The van der Waals surface area contributed by atoms with Gasteiger partial charge in [0.2, 0.25) is 0 Å². The van der Waals surface area contributed by atoms with Crippen molar-refractivity contribution < 1.29 is 9.53 Å². The van der Waals surface area contributed by atoms with Gasteiger partial charge in [0.05, 0.1) is 6.42 Å². The first-order valence-electron chi connectivity index (χ1n) is 14.1. The average molecular weight is 477 g/mol. The first kappa shape index (κ1) is 25.6. The summed E-state index contributed by atoms with van der Waals surface area (Å²) in [6, 6.07) is 0. The highest BCUT2D eigenvalue weighted by atomic mass is 35.5. The average Bonchev–Trinajstić information content (AvgIpc) is 3.11. The molecule has 0 aromatic carbocycles.